The van der Waals surface area contributed by atoms with Gasteiger partial charge in [-0.05, 0) is 37.1 Å². The molecule has 0 bridgehead atoms. The van der Waals surface area contributed by atoms with Gasteiger partial charge in [-0.25, -0.2) is 0 Å². The van der Waals surface area contributed by atoms with Crippen molar-refractivity contribution < 1.29 is 4.79 Å². The number of fused-ring (bicyclic) bond motifs is 1. The molecule has 0 saturated heterocycles. The molecular weight excluding hydrogens is 308 g/mol. The zero-order valence-corrected chi connectivity index (χ0v) is 14.0. The van der Waals surface area contributed by atoms with Gasteiger partial charge in [0, 0.05) is 13.2 Å². The second kappa shape index (κ2) is 5.86. The minimum absolute atomic E-state index is 0.322. The molecule has 0 fully saturated rings. The number of amides is 1. The maximum absolute atomic E-state index is 12.4. The number of nitrogens with zero attached hydrogens (tertiary/aromatic N) is 4. The van der Waals surface area contributed by atoms with Gasteiger partial charge in [0.15, 0.2) is 4.80 Å². The van der Waals surface area contributed by atoms with Crippen LogP contribution in [0.1, 0.15) is 21.6 Å². The van der Waals surface area contributed by atoms with Crippen molar-refractivity contribution in [2.24, 2.45) is 12.0 Å². The van der Waals surface area contributed by atoms with Crippen LogP contribution >= 0.6 is 11.3 Å². The highest BCUT2D eigenvalue weighted by Crippen LogP contribution is 2.23. The molecular formula is C17H16N4OS. The molecule has 2 aromatic heterocycles. The zero-order chi connectivity index (χ0) is 16.6. The summed E-state index contributed by atoms with van der Waals surface area (Å²) >= 11 is 1.48. The molecule has 2 heterocycles. The van der Waals surface area contributed by atoms with Gasteiger partial charge in [-0.15, -0.1) is 6.42 Å². The van der Waals surface area contributed by atoms with Crippen LogP contribution < -0.4 is 4.80 Å². The van der Waals surface area contributed by atoms with Crippen LogP contribution in [0.2, 0.25) is 0 Å². The number of carbonyl (C=O) groups is 1. The van der Waals surface area contributed by atoms with Crippen molar-refractivity contribution in [3.05, 3.63) is 46.0 Å². The summed E-state index contributed by atoms with van der Waals surface area (Å²) < 4.78 is 4.52. The molecule has 0 aliphatic rings. The Bertz CT molecular complexity index is 1010. The van der Waals surface area contributed by atoms with Crippen molar-refractivity contribution in [2.75, 3.05) is 0 Å². The van der Waals surface area contributed by atoms with Crippen LogP contribution in [0.5, 0.6) is 0 Å². The molecule has 0 spiro atoms. The minimum Gasteiger partial charge on any atom is -0.305 e. The fourth-order valence-electron chi connectivity index (χ4n) is 2.57. The molecule has 6 heteroatoms. The van der Waals surface area contributed by atoms with Crippen LogP contribution in [-0.4, -0.2) is 20.3 Å². The van der Waals surface area contributed by atoms with Gasteiger partial charge in [-0.3, -0.25) is 9.48 Å². The highest BCUT2D eigenvalue weighted by molar-refractivity contribution is 7.16. The molecule has 0 aliphatic carbocycles. The van der Waals surface area contributed by atoms with Crippen molar-refractivity contribution in [1.29, 1.82) is 0 Å². The van der Waals surface area contributed by atoms with E-state index in [4.69, 9.17) is 6.42 Å². The first kappa shape index (κ1) is 15.3. The summed E-state index contributed by atoms with van der Waals surface area (Å²) in [6.45, 7) is 4.47. The van der Waals surface area contributed by atoms with Crippen molar-refractivity contribution in [2.45, 2.75) is 20.4 Å². The molecule has 0 aliphatic heterocycles. The Balaban J connectivity index is 2.25. The van der Waals surface area contributed by atoms with Crippen LogP contribution in [0, 0.1) is 26.2 Å². The predicted molar refractivity (Wildman–Crippen MR) is 91.2 cm³/mol. The summed E-state index contributed by atoms with van der Waals surface area (Å²) in [5.74, 6) is 2.32. The van der Waals surface area contributed by atoms with Crippen molar-refractivity contribution in [3.63, 3.8) is 0 Å². The zero-order valence-electron chi connectivity index (χ0n) is 13.2. The van der Waals surface area contributed by atoms with Gasteiger partial charge in [0.25, 0.3) is 5.91 Å². The second-order valence-corrected chi connectivity index (χ2v) is 6.34. The Morgan fingerprint density at radius 3 is 2.87 bits per heavy atom. The van der Waals surface area contributed by atoms with E-state index in [1.807, 2.05) is 11.5 Å². The maximum atomic E-state index is 12.4. The minimum atomic E-state index is -0.322. The summed E-state index contributed by atoms with van der Waals surface area (Å²) in [4.78, 5) is 17.3. The highest BCUT2D eigenvalue weighted by atomic mass is 32.1. The first-order valence-electron chi connectivity index (χ1n) is 7.12. The fraction of sp³-hybridized carbons (Fsp3) is 0.235. The van der Waals surface area contributed by atoms with E-state index in [1.54, 1.807) is 19.3 Å². The third-order valence-corrected chi connectivity index (χ3v) is 4.83. The van der Waals surface area contributed by atoms with Gasteiger partial charge >= 0.3 is 0 Å². The average Bonchev–Trinajstić information content (AvgIpc) is 3.05. The molecule has 116 valence electrons. The Morgan fingerprint density at radius 2 is 2.22 bits per heavy atom. The van der Waals surface area contributed by atoms with Gasteiger partial charge in [0.05, 0.1) is 16.8 Å². The Hall–Kier alpha value is -2.65. The monoisotopic (exact) mass is 324 g/mol. The smallest absolute Gasteiger partial charge is 0.297 e. The molecule has 5 nitrogen and oxygen atoms in total. The number of hydrogen-bond donors (Lipinski definition) is 0. The van der Waals surface area contributed by atoms with Gasteiger partial charge < -0.3 is 4.57 Å². The molecule has 3 rings (SSSR count). The number of aryl methyl sites for hydroxylation is 3. The molecule has 1 amide bonds. The lowest BCUT2D eigenvalue weighted by molar-refractivity contribution is 0.0989. The van der Waals surface area contributed by atoms with E-state index in [2.05, 4.69) is 35.1 Å². The molecule has 0 saturated carbocycles. The lowest BCUT2D eigenvalue weighted by Gasteiger charge is -2.02. The van der Waals surface area contributed by atoms with E-state index in [9.17, 15) is 4.79 Å². The number of thiazole rings is 1. The number of benzene rings is 1. The highest BCUT2D eigenvalue weighted by Gasteiger charge is 2.12. The van der Waals surface area contributed by atoms with Crippen LogP contribution in [0.4, 0.5) is 0 Å². The molecule has 0 radical (unpaired) electrons. The van der Waals surface area contributed by atoms with Gasteiger partial charge in [0.1, 0.15) is 5.69 Å². The van der Waals surface area contributed by atoms with E-state index >= 15 is 0 Å². The molecule has 23 heavy (non-hydrogen) atoms. The third kappa shape index (κ3) is 2.71. The summed E-state index contributed by atoms with van der Waals surface area (Å²) in [5, 5.41) is 4.01. The number of carbonyl (C=O) groups excluding carboxylic acids is 1. The van der Waals surface area contributed by atoms with Gasteiger partial charge in [-0.2, -0.15) is 10.1 Å². The quantitative estimate of drug-likeness (QED) is 0.680. The first-order valence-corrected chi connectivity index (χ1v) is 7.94. The van der Waals surface area contributed by atoms with E-state index in [0.717, 1.165) is 21.3 Å². The number of aromatic nitrogens is 3. The summed E-state index contributed by atoms with van der Waals surface area (Å²) in [7, 11) is 1.72. The van der Waals surface area contributed by atoms with Crippen molar-refractivity contribution >= 4 is 27.5 Å². The third-order valence-electron chi connectivity index (χ3n) is 3.60. The predicted octanol–water partition coefficient (Wildman–Crippen LogP) is 2.43. The molecule has 0 unspecified atom stereocenters. The lowest BCUT2D eigenvalue weighted by Crippen LogP contribution is -2.17. The SMILES string of the molecule is C#CCn1c(=NC(=O)c2ccnn2C)sc2c(C)cc(C)cc21. The largest absolute Gasteiger partial charge is 0.305 e. The second-order valence-electron chi connectivity index (χ2n) is 5.36. The normalized spacial score (nSPS) is 11.8. The van der Waals surface area contributed by atoms with E-state index < -0.39 is 0 Å². The molecule has 1 aromatic carbocycles. The molecule has 0 atom stereocenters. The Kier molecular flexibility index (Phi) is 3.89. The van der Waals surface area contributed by atoms with Crippen LogP contribution in [-0.2, 0) is 13.6 Å². The van der Waals surface area contributed by atoms with Crippen molar-refractivity contribution in [3.8, 4) is 12.3 Å². The summed E-state index contributed by atoms with van der Waals surface area (Å²) in [6.07, 6.45) is 7.08. The summed E-state index contributed by atoms with van der Waals surface area (Å²) in [6, 6.07) is 5.84. The van der Waals surface area contributed by atoms with Gasteiger partial charge in [0.2, 0.25) is 0 Å². The first-order chi connectivity index (χ1) is 11.0. The standard InChI is InChI=1S/C17H16N4OS/c1-5-8-21-14-10-11(2)9-12(3)15(14)23-17(21)19-16(22)13-6-7-18-20(13)4/h1,6-7,9-10H,8H2,2-4H3. The van der Waals surface area contributed by atoms with E-state index in [0.29, 0.717) is 17.0 Å². The molecule has 0 N–H and O–H groups in total. The molecule has 3 aromatic rings. The van der Waals surface area contributed by atoms with E-state index in [1.165, 1.54) is 16.0 Å². The maximum Gasteiger partial charge on any atom is 0.297 e. The van der Waals surface area contributed by atoms with Crippen LogP contribution in [0.25, 0.3) is 10.2 Å². The van der Waals surface area contributed by atoms with Crippen molar-refractivity contribution in [1.82, 2.24) is 14.3 Å². The van der Waals surface area contributed by atoms with E-state index in [-0.39, 0.29) is 5.91 Å². The van der Waals surface area contributed by atoms with Gasteiger partial charge in [-0.1, -0.05) is 23.3 Å². The van der Waals surface area contributed by atoms with Crippen LogP contribution in [0.3, 0.4) is 0 Å². The lowest BCUT2D eigenvalue weighted by atomic mass is 10.1. The topological polar surface area (TPSA) is 52.2 Å². The summed E-state index contributed by atoms with van der Waals surface area (Å²) in [5.41, 5.74) is 3.78. The Labute approximate surface area is 137 Å². The number of terminal acetylenes is 1. The fourth-order valence-corrected chi connectivity index (χ4v) is 3.65. The number of rotatable bonds is 2. The average molecular weight is 324 g/mol. The van der Waals surface area contributed by atoms with Crippen LogP contribution in [0.15, 0.2) is 29.4 Å². The number of hydrogen-bond acceptors (Lipinski definition) is 3. The Morgan fingerprint density at radius 1 is 1.43 bits per heavy atom.